The number of hydrogen-bond acceptors (Lipinski definition) is 5. The number of nitrogens with zero attached hydrogens (tertiary/aromatic N) is 1. The van der Waals surface area contributed by atoms with Crippen LogP contribution in [0.25, 0.3) is 0 Å². The molecule has 1 fully saturated rings. The minimum atomic E-state index is -3.60. The summed E-state index contributed by atoms with van der Waals surface area (Å²) in [6, 6.07) is 3.97. The molecule has 20 heavy (non-hydrogen) atoms. The van der Waals surface area contributed by atoms with Crippen molar-refractivity contribution in [1.29, 1.82) is 0 Å². The van der Waals surface area contributed by atoms with Crippen LogP contribution in [0.1, 0.15) is 0 Å². The summed E-state index contributed by atoms with van der Waals surface area (Å²) in [5, 5.41) is 3.08. The first-order valence-corrected chi connectivity index (χ1v) is 10.1. The van der Waals surface area contributed by atoms with Crippen molar-refractivity contribution in [3.05, 3.63) is 22.7 Å². The van der Waals surface area contributed by atoms with Crippen molar-refractivity contribution < 1.29 is 16.8 Å². The normalized spacial score (nSPS) is 18.1. The lowest BCUT2D eigenvalue weighted by atomic mass is 10.4. The molecule has 0 radical (unpaired) electrons. The van der Waals surface area contributed by atoms with E-state index >= 15 is 0 Å². The monoisotopic (exact) mass is 382 g/mol. The van der Waals surface area contributed by atoms with E-state index in [2.05, 4.69) is 21.2 Å². The quantitative estimate of drug-likeness (QED) is 0.820. The van der Waals surface area contributed by atoms with Gasteiger partial charge in [0.25, 0.3) is 0 Å². The van der Waals surface area contributed by atoms with Gasteiger partial charge in [-0.3, -0.25) is 0 Å². The van der Waals surface area contributed by atoms with Crippen molar-refractivity contribution in [2.45, 2.75) is 9.79 Å². The molecule has 6 nitrogen and oxygen atoms in total. The molecule has 1 heterocycles. The van der Waals surface area contributed by atoms with Gasteiger partial charge in [-0.15, -0.1) is 0 Å². The fraction of sp³-hybridized carbons (Fsp3) is 0.455. The molecule has 0 saturated carbocycles. The Morgan fingerprint density at radius 3 is 2.25 bits per heavy atom. The minimum Gasteiger partial charge on any atom is -0.314 e. The Kier molecular flexibility index (Phi) is 4.55. The van der Waals surface area contributed by atoms with Gasteiger partial charge in [0.15, 0.2) is 9.84 Å². The first-order chi connectivity index (χ1) is 9.23. The van der Waals surface area contributed by atoms with Gasteiger partial charge in [0.05, 0.1) is 9.79 Å². The zero-order chi connectivity index (χ0) is 15.0. The lowest BCUT2D eigenvalue weighted by Crippen LogP contribution is -2.46. The van der Waals surface area contributed by atoms with Crippen molar-refractivity contribution in [1.82, 2.24) is 9.62 Å². The number of nitrogens with one attached hydrogen (secondary N) is 1. The second-order valence-corrected chi connectivity index (χ2v) is 9.29. The van der Waals surface area contributed by atoms with Gasteiger partial charge < -0.3 is 5.32 Å². The van der Waals surface area contributed by atoms with Gasteiger partial charge in [-0.1, -0.05) is 0 Å². The van der Waals surface area contributed by atoms with E-state index in [1.54, 1.807) is 0 Å². The third-order valence-corrected chi connectivity index (χ3v) is 7.01. The lowest BCUT2D eigenvalue weighted by Gasteiger charge is -2.27. The molecule has 2 rings (SSSR count). The third-order valence-electron chi connectivity index (χ3n) is 3.03. The molecule has 1 aromatic rings. The Balaban J connectivity index is 2.42. The highest BCUT2D eigenvalue weighted by Gasteiger charge is 2.28. The molecule has 0 atom stereocenters. The Labute approximate surface area is 127 Å². The molecule has 1 N–H and O–H groups in total. The maximum absolute atomic E-state index is 12.5. The van der Waals surface area contributed by atoms with Crippen LogP contribution in [-0.2, 0) is 19.9 Å². The molecule has 9 heteroatoms. The van der Waals surface area contributed by atoms with E-state index in [0.717, 1.165) is 6.26 Å². The highest BCUT2D eigenvalue weighted by Crippen LogP contribution is 2.27. The van der Waals surface area contributed by atoms with Gasteiger partial charge in [-0.25, -0.2) is 16.8 Å². The summed E-state index contributed by atoms with van der Waals surface area (Å²) < 4.78 is 49.5. The smallest absolute Gasteiger partial charge is 0.244 e. The van der Waals surface area contributed by atoms with Crippen LogP contribution < -0.4 is 5.32 Å². The predicted molar refractivity (Wildman–Crippen MR) is 78.9 cm³/mol. The van der Waals surface area contributed by atoms with Gasteiger partial charge in [0.2, 0.25) is 10.0 Å². The van der Waals surface area contributed by atoms with E-state index in [-0.39, 0.29) is 14.3 Å². The minimum absolute atomic E-state index is 0.0867. The van der Waals surface area contributed by atoms with Gasteiger partial charge in [-0.05, 0) is 34.1 Å². The van der Waals surface area contributed by atoms with Crippen LogP contribution in [-0.4, -0.2) is 53.6 Å². The number of hydrogen-bond donors (Lipinski definition) is 1. The zero-order valence-corrected chi connectivity index (χ0v) is 14.1. The van der Waals surface area contributed by atoms with Crippen LogP contribution in [0.3, 0.4) is 0 Å². The van der Waals surface area contributed by atoms with Gasteiger partial charge in [0.1, 0.15) is 0 Å². The Bertz CT molecular complexity index is 710. The van der Waals surface area contributed by atoms with Crippen LogP contribution in [0.4, 0.5) is 0 Å². The molecule has 112 valence electrons. The second-order valence-electron chi connectivity index (χ2n) is 4.52. The molecule has 0 amide bonds. The van der Waals surface area contributed by atoms with Gasteiger partial charge in [-0.2, -0.15) is 4.31 Å². The van der Waals surface area contributed by atoms with E-state index < -0.39 is 19.9 Å². The summed E-state index contributed by atoms with van der Waals surface area (Å²) in [5.74, 6) is 0. The van der Waals surface area contributed by atoms with Crippen molar-refractivity contribution in [3.63, 3.8) is 0 Å². The van der Waals surface area contributed by atoms with Crippen molar-refractivity contribution in [2.24, 2.45) is 0 Å². The number of halogens is 1. The third kappa shape index (κ3) is 3.22. The van der Waals surface area contributed by atoms with Crippen LogP contribution in [0, 0.1) is 0 Å². The van der Waals surface area contributed by atoms with Gasteiger partial charge >= 0.3 is 0 Å². The van der Waals surface area contributed by atoms with Crippen LogP contribution in [0.5, 0.6) is 0 Å². The van der Waals surface area contributed by atoms with Crippen molar-refractivity contribution >= 4 is 35.8 Å². The molecule has 1 aliphatic rings. The van der Waals surface area contributed by atoms with Crippen LogP contribution >= 0.6 is 15.9 Å². The fourth-order valence-electron chi connectivity index (χ4n) is 1.95. The van der Waals surface area contributed by atoms with Crippen LogP contribution in [0.2, 0.25) is 0 Å². The maximum Gasteiger partial charge on any atom is 0.244 e. The SMILES string of the molecule is CS(=O)(=O)c1ccc(S(=O)(=O)N2CCNCC2)c(Br)c1. The first-order valence-electron chi connectivity index (χ1n) is 5.93. The number of piperazine rings is 1. The Hall–Kier alpha value is -0.480. The van der Waals surface area contributed by atoms with Crippen molar-refractivity contribution in [2.75, 3.05) is 32.4 Å². The molecule has 1 aliphatic heterocycles. The summed E-state index contributed by atoms with van der Waals surface area (Å²) >= 11 is 3.16. The van der Waals surface area contributed by atoms with E-state index in [1.165, 1.54) is 22.5 Å². The van der Waals surface area contributed by atoms with E-state index in [9.17, 15) is 16.8 Å². The molecular formula is C11H15BrN2O4S2. The summed E-state index contributed by atoms with van der Waals surface area (Å²) in [5.41, 5.74) is 0. The molecule has 0 spiro atoms. The number of sulfonamides is 1. The molecule has 1 saturated heterocycles. The van der Waals surface area contributed by atoms with E-state index in [0.29, 0.717) is 26.2 Å². The topological polar surface area (TPSA) is 83.5 Å². The molecule has 0 unspecified atom stereocenters. The maximum atomic E-state index is 12.5. The van der Waals surface area contributed by atoms with E-state index in [1.807, 2.05) is 0 Å². The van der Waals surface area contributed by atoms with E-state index in [4.69, 9.17) is 0 Å². The molecule has 0 aromatic heterocycles. The second kappa shape index (κ2) is 5.72. The average Bonchev–Trinajstić information content (AvgIpc) is 2.38. The number of rotatable bonds is 3. The average molecular weight is 383 g/mol. The standard InChI is InChI=1S/C11H15BrN2O4S2/c1-19(15,16)9-2-3-11(10(12)8-9)20(17,18)14-6-4-13-5-7-14/h2-3,8,13H,4-7H2,1H3. The molecule has 0 aliphatic carbocycles. The van der Waals surface area contributed by atoms with Gasteiger partial charge in [0, 0.05) is 36.9 Å². The fourth-order valence-corrected chi connectivity index (χ4v) is 5.22. The summed E-state index contributed by atoms with van der Waals surface area (Å²) in [7, 11) is -6.96. The number of benzene rings is 1. The largest absolute Gasteiger partial charge is 0.314 e. The Morgan fingerprint density at radius 1 is 1.15 bits per heavy atom. The number of sulfone groups is 1. The summed E-state index contributed by atoms with van der Waals surface area (Å²) in [4.78, 5) is 0.176. The van der Waals surface area contributed by atoms with Crippen LogP contribution in [0.15, 0.2) is 32.5 Å². The highest BCUT2D eigenvalue weighted by atomic mass is 79.9. The first kappa shape index (κ1) is 15.9. The molecule has 1 aromatic carbocycles. The highest BCUT2D eigenvalue weighted by molar-refractivity contribution is 9.10. The molecular weight excluding hydrogens is 368 g/mol. The predicted octanol–water partition coefficient (Wildman–Crippen LogP) is 0.447. The zero-order valence-electron chi connectivity index (χ0n) is 10.8. The Morgan fingerprint density at radius 2 is 1.75 bits per heavy atom. The van der Waals surface area contributed by atoms with Crippen molar-refractivity contribution in [3.8, 4) is 0 Å². The molecule has 0 bridgehead atoms. The lowest BCUT2D eigenvalue weighted by molar-refractivity contribution is 0.360. The summed E-state index contributed by atoms with van der Waals surface area (Å²) in [6.07, 6.45) is 1.08. The summed E-state index contributed by atoms with van der Waals surface area (Å²) in [6.45, 7) is 2.03.